The molecule has 0 spiro atoms. The Morgan fingerprint density at radius 1 is 0.667 bits per heavy atom. The second-order valence-electron chi connectivity index (χ2n) is 9.81. The topological polar surface area (TPSA) is 115 Å². The fourth-order valence-corrected chi connectivity index (χ4v) is 2.76. The van der Waals surface area contributed by atoms with Crippen LogP contribution in [0.25, 0.3) is 0 Å². The van der Waals surface area contributed by atoms with Crippen molar-refractivity contribution in [1.29, 1.82) is 0 Å². The van der Waals surface area contributed by atoms with Crippen LogP contribution in [0.3, 0.4) is 0 Å². The van der Waals surface area contributed by atoms with Crippen LogP contribution in [0.2, 0.25) is 0 Å². The molecule has 0 heterocycles. The second-order valence-corrected chi connectivity index (χ2v) is 9.81. The number of aliphatic hydroxyl groups excluding tert-OH is 1. The van der Waals surface area contributed by atoms with Crippen molar-refractivity contribution in [1.82, 2.24) is 9.80 Å². The van der Waals surface area contributed by atoms with Crippen LogP contribution < -0.4 is 0 Å². The van der Waals surface area contributed by atoms with Crippen LogP contribution in [0, 0.1) is 0 Å². The zero-order chi connectivity index (χ0) is 25.5. The molecule has 0 saturated carbocycles. The highest BCUT2D eigenvalue weighted by molar-refractivity contribution is 5.77. The quantitative estimate of drug-likeness (QED) is 0.240. The van der Waals surface area contributed by atoms with E-state index in [9.17, 15) is 14.4 Å². The van der Waals surface area contributed by atoms with Crippen LogP contribution in [0.15, 0.2) is 0 Å². The summed E-state index contributed by atoms with van der Waals surface area (Å²) in [5.41, 5.74) is -1.24. The Balaban J connectivity index is 4.64. The lowest BCUT2D eigenvalue weighted by atomic mass is 10.2. The standard InChI is InChI=1S/C23H44N2O8/c1-19(27)16-24(9-13-31-15-11-26)8-12-30-14-10-25(17-20(28)32-22(2,3)4)18-21(29)33-23(5,6)7/h26H,8-18H2,1-7H3. The zero-order valence-electron chi connectivity index (χ0n) is 21.5. The molecule has 0 unspecified atom stereocenters. The molecule has 0 aromatic heterocycles. The molecule has 0 bridgehead atoms. The largest absolute Gasteiger partial charge is 0.459 e. The van der Waals surface area contributed by atoms with Crippen molar-refractivity contribution >= 4 is 17.7 Å². The minimum atomic E-state index is -0.619. The molecule has 10 nitrogen and oxygen atoms in total. The van der Waals surface area contributed by atoms with Crippen molar-refractivity contribution in [3.05, 3.63) is 0 Å². The molecule has 0 aromatic rings. The third kappa shape index (κ3) is 20.7. The van der Waals surface area contributed by atoms with Crippen LogP contribution in [0.1, 0.15) is 48.5 Å². The molecule has 0 fully saturated rings. The maximum Gasteiger partial charge on any atom is 0.320 e. The van der Waals surface area contributed by atoms with Crippen LogP contribution in [0.5, 0.6) is 0 Å². The SMILES string of the molecule is CC(=O)CN(CCOCCO)CCOCCN(CC(=O)OC(C)(C)C)CC(=O)OC(C)(C)C. The monoisotopic (exact) mass is 476 g/mol. The molecule has 0 aliphatic heterocycles. The van der Waals surface area contributed by atoms with Crippen molar-refractivity contribution < 1.29 is 38.4 Å². The number of carbonyl (C=O) groups is 3. The molecule has 33 heavy (non-hydrogen) atoms. The van der Waals surface area contributed by atoms with Gasteiger partial charge < -0.3 is 24.1 Å². The van der Waals surface area contributed by atoms with Gasteiger partial charge in [0.05, 0.1) is 52.7 Å². The lowest BCUT2D eigenvalue weighted by Crippen LogP contribution is -2.41. The molecule has 0 aliphatic rings. The lowest BCUT2D eigenvalue weighted by molar-refractivity contribution is -0.160. The minimum absolute atomic E-state index is 0.0399. The van der Waals surface area contributed by atoms with E-state index in [1.54, 1.807) is 46.4 Å². The Labute approximate surface area is 198 Å². The summed E-state index contributed by atoms with van der Waals surface area (Å²) in [6.45, 7) is 15.1. The molecule has 10 heteroatoms. The molecular weight excluding hydrogens is 432 g/mol. The van der Waals surface area contributed by atoms with Crippen molar-refractivity contribution in [3.63, 3.8) is 0 Å². The maximum absolute atomic E-state index is 12.2. The van der Waals surface area contributed by atoms with E-state index >= 15 is 0 Å². The van der Waals surface area contributed by atoms with Gasteiger partial charge in [0, 0.05) is 19.6 Å². The van der Waals surface area contributed by atoms with Crippen LogP contribution in [0.4, 0.5) is 0 Å². The van der Waals surface area contributed by atoms with Crippen molar-refractivity contribution in [3.8, 4) is 0 Å². The highest BCUT2D eigenvalue weighted by Gasteiger charge is 2.23. The highest BCUT2D eigenvalue weighted by atomic mass is 16.6. The molecule has 0 aromatic carbocycles. The van der Waals surface area contributed by atoms with E-state index in [2.05, 4.69) is 0 Å². The van der Waals surface area contributed by atoms with E-state index in [1.165, 1.54) is 6.92 Å². The van der Waals surface area contributed by atoms with Gasteiger partial charge in [0.1, 0.15) is 17.0 Å². The van der Waals surface area contributed by atoms with E-state index in [-0.39, 0.29) is 38.6 Å². The average molecular weight is 477 g/mol. The van der Waals surface area contributed by atoms with Gasteiger partial charge in [-0.2, -0.15) is 0 Å². The van der Waals surface area contributed by atoms with E-state index in [0.717, 1.165) is 0 Å². The number of rotatable bonds is 17. The molecule has 0 saturated heterocycles. The Hall–Kier alpha value is -1.59. The summed E-state index contributed by atoms with van der Waals surface area (Å²) in [6, 6.07) is 0. The van der Waals surface area contributed by atoms with E-state index in [4.69, 9.17) is 24.1 Å². The van der Waals surface area contributed by atoms with Crippen LogP contribution >= 0.6 is 0 Å². The highest BCUT2D eigenvalue weighted by Crippen LogP contribution is 2.09. The number of hydrogen-bond acceptors (Lipinski definition) is 10. The first-order chi connectivity index (χ1) is 15.2. The maximum atomic E-state index is 12.2. The number of carbonyl (C=O) groups excluding carboxylic acids is 3. The molecule has 0 radical (unpaired) electrons. The number of hydrogen-bond donors (Lipinski definition) is 1. The Kier molecular flexibility index (Phi) is 15.3. The summed E-state index contributed by atoms with van der Waals surface area (Å²) in [4.78, 5) is 39.5. The molecule has 1 N–H and O–H groups in total. The van der Waals surface area contributed by atoms with Gasteiger partial charge in [0.15, 0.2) is 0 Å². The summed E-state index contributed by atoms with van der Waals surface area (Å²) in [6.07, 6.45) is 0. The number of Topliss-reactive ketones (excluding diaryl/α,β-unsaturated/α-hetero) is 1. The zero-order valence-corrected chi connectivity index (χ0v) is 21.5. The summed E-state index contributed by atoms with van der Waals surface area (Å²) in [5.74, 6) is -0.818. The molecule has 0 rings (SSSR count). The van der Waals surface area contributed by atoms with Crippen LogP contribution in [-0.2, 0) is 33.3 Å². The van der Waals surface area contributed by atoms with E-state index < -0.39 is 23.1 Å². The molecular formula is C23H44N2O8. The van der Waals surface area contributed by atoms with Gasteiger partial charge in [-0.3, -0.25) is 24.2 Å². The summed E-state index contributed by atoms with van der Waals surface area (Å²) in [5, 5.41) is 8.77. The Morgan fingerprint density at radius 2 is 1.06 bits per heavy atom. The molecule has 0 amide bonds. The van der Waals surface area contributed by atoms with Gasteiger partial charge in [-0.25, -0.2) is 0 Å². The fraction of sp³-hybridized carbons (Fsp3) is 0.870. The minimum Gasteiger partial charge on any atom is -0.459 e. The number of nitrogens with zero attached hydrogens (tertiary/aromatic N) is 2. The van der Waals surface area contributed by atoms with Crippen molar-refractivity contribution in [2.45, 2.75) is 59.7 Å². The van der Waals surface area contributed by atoms with E-state index in [0.29, 0.717) is 39.5 Å². The number of aliphatic hydroxyl groups is 1. The normalized spacial score (nSPS) is 12.3. The number of ether oxygens (including phenoxy) is 4. The van der Waals surface area contributed by atoms with Crippen molar-refractivity contribution in [2.75, 3.05) is 72.3 Å². The first-order valence-electron chi connectivity index (χ1n) is 11.4. The second kappa shape index (κ2) is 16.1. The van der Waals surface area contributed by atoms with Gasteiger partial charge >= 0.3 is 11.9 Å². The third-order valence-electron chi connectivity index (χ3n) is 3.88. The molecule has 0 aliphatic carbocycles. The van der Waals surface area contributed by atoms with Gasteiger partial charge in [-0.15, -0.1) is 0 Å². The van der Waals surface area contributed by atoms with Gasteiger partial charge in [-0.1, -0.05) is 0 Å². The van der Waals surface area contributed by atoms with Crippen molar-refractivity contribution in [2.24, 2.45) is 0 Å². The van der Waals surface area contributed by atoms with Crippen LogP contribution in [-0.4, -0.2) is 116 Å². The van der Waals surface area contributed by atoms with Gasteiger partial charge in [0.2, 0.25) is 0 Å². The van der Waals surface area contributed by atoms with Gasteiger partial charge in [0.25, 0.3) is 0 Å². The smallest absolute Gasteiger partial charge is 0.320 e. The third-order valence-corrected chi connectivity index (χ3v) is 3.88. The molecule has 0 atom stereocenters. The van der Waals surface area contributed by atoms with E-state index in [1.807, 2.05) is 4.90 Å². The first-order valence-corrected chi connectivity index (χ1v) is 11.4. The average Bonchev–Trinajstić information content (AvgIpc) is 2.60. The fourth-order valence-electron chi connectivity index (χ4n) is 2.76. The number of ketones is 1. The number of esters is 2. The summed E-state index contributed by atoms with van der Waals surface area (Å²) >= 11 is 0. The predicted octanol–water partition coefficient (Wildman–Crippen LogP) is 0.888. The molecule has 194 valence electrons. The predicted molar refractivity (Wildman–Crippen MR) is 124 cm³/mol. The first kappa shape index (κ1) is 31.4. The van der Waals surface area contributed by atoms with Gasteiger partial charge in [-0.05, 0) is 48.5 Å². The Morgan fingerprint density at radius 3 is 1.42 bits per heavy atom. The lowest BCUT2D eigenvalue weighted by Gasteiger charge is -2.26. The summed E-state index contributed by atoms with van der Waals surface area (Å²) < 4.78 is 21.7. The summed E-state index contributed by atoms with van der Waals surface area (Å²) in [7, 11) is 0. The Bertz CT molecular complexity index is 554.